The lowest BCUT2D eigenvalue weighted by molar-refractivity contribution is 0.811. The van der Waals surface area contributed by atoms with Gasteiger partial charge in [-0.05, 0) is 25.6 Å². The Kier molecular flexibility index (Phi) is 2.30. The molecule has 1 aromatic carbocycles. The molecule has 1 aliphatic rings. The van der Waals surface area contributed by atoms with E-state index in [1.165, 1.54) is 32.3 Å². The molecule has 0 spiro atoms. The van der Waals surface area contributed by atoms with Crippen LogP contribution in [0.1, 0.15) is 21.0 Å². The molecular formula is C13H14N2S. The second-order valence-electron chi connectivity index (χ2n) is 4.25. The van der Waals surface area contributed by atoms with E-state index < -0.39 is 0 Å². The fourth-order valence-corrected chi connectivity index (χ4v) is 3.31. The Hall–Kier alpha value is -1.19. The highest BCUT2D eigenvalue weighted by Gasteiger charge is 2.22. The third-order valence-corrected chi connectivity index (χ3v) is 4.00. The maximum Gasteiger partial charge on any atom is 0.107 e. The molecule has 0 saturated heterocycles. The molecule has 16 heavy (non-hydrogen) atoms. The molecular weight excluding hydrogens is 216 g/mol. The standard InChI is InChI=1S/C13H14N2S/c1-8-3-4-9-6-11-13(10(9)5-8)15-12(16-11)7-14-2/h3-5,14H,6-7H2,1-2H3. The summed E-state index contributed by atoms with van der Waals surface area (Å²) in [7, 11) is 1.96. The number of nitrogens with zero attached hydrogens (tertiary/aromatic N) is 1. The number of benzene rings is 1. The number of aryl methyl sites for hydroxylation is 1. The van der Waals surface area contributed by atoms with E-state index in [0.717, 1.165) is 13.0 Å². The summed E-state index contributed by atoms with van der Waals surface area (Å²) in [6.45, 7) is 3.01. The minimum atomic E-state index is 0.874. The molecule has 1 aliphatic carbocycles. The normalized spacial score (nSPS) is 12.6. The molecule has 3 rings (SSSR count). The van der Waals surface area contributed by atoms with Gasteiger partial charge in [0.2, 0.25) is 0 Å². The average molecular weight is 230 g/mol. The maximum atomic E-state index is 4.72. The van der Waals surface area contributed by atoms with Crippen LogP contribution in [0, 0.1) is 6.92 Å². The maximum absolute atomic E-state index is 4.72. The molecule has 0 saturated carbocycles. The first-order valence-electron chi connectivity index (χ1n) is 5.51. The Labute approximate surface area is 99.4 Å². The van der Waals surface area contributed by atoms with Gasteiger partial charge in [-0.15, -0.1) is 11.3 Å². The van der Waals surface area contributed by atoms with Gasteiger partial charge < -0.3 is 5.32 Å². The topological polar surface area (TPSA) is 24.9 Å². The van der Waals surface area contributed by atoms with Gasteiger partial charge in [-0.3, -0.25) is 0 Å². The zero-order valence-electron chi connectivity index (χ0n) is 9.50. The van der Waals surface area contributed by atoms with Crippen molar-refractivity contribution in [2.75, 3.05) is 7.05 Å². The van der Waals surface area contributed by atoms with Crippen molar-refractivity contribution >= 4 is 11.3 Å². The first-order valence-corrected chi connectivity index (χ1v) is 6.32. The van der Waals surface area contributed by atoms with E-state index in [4.69, 9.17) is 4.98 Å². The van der Waals surface area contributed by atoms with Crippen molar-refractivity contribution in [1.29, 1.82) is 0 Å². The Morgan fingerprint density at radius 2 is 2.31 bits per heavy atom. The van der Waals surface area contributed by atoms with Gasteiger partial charge in [-0.25, -0.2) is 4.98 Å². The van der Waals surface area contributed by atoms with Crippen LogP contribution in [-0.4, -0.2) is 12.0 Å². The number of fused-ring (bicyclic) bond motifs is 3. The van der Waals surface area contributed by atoms with E-state index in [9.17, 15) is 0 Å². The van der Waals surface area contributed by atoms with E-state index >= 15 is 0 Å². The van der Waals surface area contributed by atoms with Crippen LogP contribution >= 0.6 is 11.3 Å². The lowest BCUT2D eigenvalue weighted by atomic mass is 10.1. The number of thiazole rings is 1. The largest absolute Gasteiger partial charge is 0.314 e. The molecule has 0 aliphatic heterocycles. The molecule has 0 bridgehead atoms. The quantitative estimate of drug-likeness (QED) is 0.732. The molecule has 3 heteroatoms. The third-order valence-electron chi connectivity index (χ3n) is 2.94. The van der Waals surface area contributed by atoms with Crippen molar-refractivity contribution in [1.82, 2.24) is 10.3 Å². The SMILES string of the molecule is CNCc1nc2c(s1)Cc1ccc(C)cc1-2. The molecule has 0 atom stereocenters. The monoisotopic (exact) mass is 230 g/mol. The molecule has 82 valence electrons. The van der Waals surface area contributed by atoms with Gasteiger partial charge in [0.25, 0.3) is 0 Å². The molecule has 0 amide bonds. The number of aromatic nitrogens is 1. The van der Waals surface area contributed by atoms with E-state index in [1.807, 2.05) is 18.4 Å². The predicted octanol–water partition coefficient (Wildman–Crippen LogP) is 2.74. The summed E-state index contributed by atoms with van der Waals surface area (Å²) in [4.78, 5) is 6.14. The van der Waals surface area contributed by atoms with Crippen molar-refractivity contribution < 1.29 is 0 Å². The van der Waals surface area contributed by atoms with Crippen LogP contribution in [-0.2, 0) is 13.0 Å². The summed E-state index contributed by atoms with van der Waals surface area (Å²) in [6.07, 6.45) is 1.06. The Morgan fingerprint density at radius 3 is 3.12 bits per heavy atom. The highest BCUT2D eigenvalue weighted by molar-refractivity contribution is 7.12. The highest BCUT2D eigenvalue weighted by atomic mass is 32.1. The van der Waals surface area contributed by atoms with Gasteiger partial charge in [0.15, 0.2) is 0 Å². The molecule has 0 unspecified atom stereocenters. The smallest absolute Gasteiger partial charge is 0.107 e. The first kappa shape index (κ1) is 10.00. The van der Waals surface area contributed by atoms with Crippen LogP contribution in [0.15, 0.2) is 18.2 Å². The molecule has 2 aromatic rings. The third kappa shape index (κ3) is 1.47. The van der Waals surface area contributed by atoms with Crippen LogP contribution in [0.4, 0.5) is 0 Å². The van der Waals surface area contributed by atoms with Crippen molar-refractivity contribution in [2.45, 2.75) is 19.9 Å². The van der Waals surface area contributed by atoms with Crippen LogP contribution in [0.3, 0.4) is 0 Å². The Bertz CT molecular complexity index is 543. The molecule has 0 fully saturated rings. The van der Waals surface area contributed by atoms with E-state index in [1.54, 1.807) is 0 Å². The summed E-state index contributed by atoms with van der Waals surface area (Å²) in [6, 6.07) is 6.67. The van der Waals surface area contributed by atoms with Crippen molar-refractivity contribution in [3.63, 3.8) is 0 Å². The zero-order chi connectivity index (χ0) is 11.1. The predicted molar refractivity (Wildman–Crippen MR) is 67.9 cm³/mol. The minimum Gasteiger partial charge on any atom is -0.314 e. The summed E-state index contributed by atoms with van der Waals surface area (Å²) in [5.74, 6) is 0. The van der Waals surface area contributed by atoms with Gasteiger partial charge in [-0.2, -0.15) is 0 Å². The number of rotatable bonds is 2. The minimum absolute atomic E-state index is 0.874. The Morgan fingerprint density at radius 1 is 1.44 bits per heavy atom. The van der Waals surface area contributed by atoms with E-state index in [2.05, 4.69) is 30.4 Å². The van der Waals surface area contributed by atoms with Crippen LogP contribution in [0.2, 0.25) is 0 Å². The van der Waals surface area contributed by atoms with Crippen molar-refractivity contribution in [3.05, 3.63) is 39.2 Å². The molecule has 1 aromatic heterocycles. The van der Waals surface area contributed by atoms with Gasteiger partial charge in [0, 0.05) is 23.4 Å². The van der Waals surface area contributed by atoms with Crippen LogP contribution in [0.5, 0.6) is 0 Å². The van der Waals surface area contributed by atoms with Gasteiger partial charge in [0.05, 0.1) is 5.69 Å². The molecule has 0 radical (unpaired) electrons. The summed E-state index contributed by atoms with van der Waals surface area (Å²) >= 11 is 1.84. The summed E-state index contributed by atoms with van der Waals surface area (Å²) in [5.41, 5.74) is 5.30. The molecule has 1 heterocycles. The van der Waals surface area contributed by atoms with Crippen LogP contribution < -0.4 is 5.32 Å². The van der Waals surface area contributed by atoms with Gasteiger partial charge in [-0.1, -0.05) is 17.7 Å². The second-order valence-corrected chi connectivity index (χ2v) is 5.42. The van der Waals surface area contributed by atoms with Gasteiger partial charge in [0.1, 0.15) is 5.01 Å². The number of hydrogen-bond acceptors (Lipinski definition) is 3. The fraction of sp³-hybridized carbons (Fsp3) is 0.308. The first-order chi connectivity index (χ1) is 7.78. The van der Waals surface area contributed by atoms with Crippen molar-refractivity contribution in [3.8, 4) is 11.3 Å². The Balaban J connectivity index is 2.08. The average Bonchev–Trinajstić information content (AvgIpc) is 2.76. The number of hydrogen-bond donors (Lipinski definition) is 1. The summed E-state index contributed by atoms with van der Waals surface area (Å²) in [5, 5.41) is 4.35. The second kappa shape index (κ2) is 3.68. The lowest BCUT2D eigenvalue weighted by Gasteiger charge is -2.00. The van der Waals surface area contributed by atoms with Gasteiger partial charge >= 0.3 is 0 Å². The number of nitrogens with one attached hydrogen (secondary N) is 1. The fourth-order valence-electron chi connectivity index (χ4n) is 2.20. The molecule has 1 N–H and O–H groups in total. The zero-order valence-corrected chi connectivity index (χ0v) is 10.3. The summed E-state index contributed by atoms with van der Waals surface area (Å²) < 4.78 is 0. The van der Waals surface area contributed by atoms with E-state index in [-0.39, 0.29) is 0 Å². The van der Waals surface area contributed by atoms with Crippen LogP contribution in [0.25, 0.3) is 11.3 Å². The van der Waals surface area contributed by atoms with E-state index in [0.29, 0.717) is 0 Å². The lowest BCUT2D eigenvalue weighted by Crippen LogP contribution is -2.04. The van der Waals surface area contributed by atoms with Crippen molar-refractivity contribution in [2.24, 2.45) is 0 Å². The molecule has 2 nitrogen and oxygen atoms in total. The highest BCUT2D eigenvalue weighted by Crippen LogP contribution is 2.39.